The average molecular weight is 279 g/mol. The highest BCUT2D eigenvalue weighted by molar-refractivity contribution is 5.36. The molecule has 2 nitrogen and oxygen atoms in total. The normalized spacial score (nSPS) is 12.7. The second kappa shape index (κ2) is 4.29. The van der Waals surface area contributed by atoms with Crippen LogP contribution in [0.25, 0.3) is 5.69 Å². The fourth-order valence-corrected chi connectivity index (χ4v) is 1.46. The van der Waals surface area contributed by atoms with Crippen molar-refractivity contribution >= 4 is 0 Å². The van der Waals surface area contributed by atoms with Gasteiger partial charge in [-0.25, -0.2) is 4.68 Å². The summed E-state index contributed by atoms with van der Waals surface area (Å²) in [5.74, 6) is 0. The number of hydrogen-bond donors (Lipinski definition) is 0. The number of hydrogen-bond acceptors (Lipinski definition) is 1. The van der Waals surface area contributed by atoms with Crippen LogP contribution in [0.2, 0.25) is 0 Å². The van der Waals surface area contributed by atoms with Gasteiger partial charge in [-0.1, -0.05) is 0 Å². The third-order valence-corrected chi connectivity index (χ3v) is 2.29. The van der Waals surface area contributed by atoms with Crippen LogP contribution in [0.15, 0.2) is 30.5 Å². The molecule has 1 aromatic carbocycles. The monoisotopic (exact) mass is 279 g/mol. The van der Waals surface area contributed by atoms with Gasteiger partial charge in [-0.15, -0.1) is 0 Å². The van der Waals surface area contributed by atoms with E-state index in [1.165, 1.54) is 0 Å². The smallest absolute Gasteiger partial charge is 0.228 e. The molecule has 0 aliphatic carbocycles. The maximum atomic E-state index is 12.6. The highest BCUT2D eigenvalue weighted by Gasteiger charge is 2.36. The topological polar surface area (TPSA) is 17.8 Å². The van der Waals surface area contributed by atoms with Crippen LogP contribution in [0, 0.1) is 6.07 Å². The molecule has 0 aliphatic heterocycles. The molecular weight excluding hydrogens is 274 g/mol. The molecule has 19 heavy (non-hydrogen) atoms. The summed E-state index contributed by atoms with van der Waals surface area (Å²) in [5, 5.41) is 3.40. The van der Waals surface area contributed by atoms with Crippen LogP contribution in [-0.4, -0.2) is 9.78 Å². The number of aromatic nitrogens is 2. The van der Waals surface area contributed by atoms with Gasteiger partial charge < -0.3 is 0 Å². The molecule has 0 N–H and O–H groups in total. The predicted molar refractivity (Wildman–Crippen MR) is 52.4 cm³/mol. The van der Waals surface area contributed by atoms with Crippen LogP contribution in [0.4, 0.5) is 26.3 Å². The fraction of sp³-hybridized carbons (Fsp3) is 0.182. The molecule has 0 atom stereocenters. The van der Waals surface area contributed by atoms with Crippen LogP contribution < -0.4 is 0 Å². The summed E-state index contributed by atoms with van der Waals surface area (Å²) in [6.45, 7) is 0. The Balaban J connectivity index is 2.42. The fourth-order valence-electron chi connectivity index (χ4n) is 1.46. The summed E-state index contributed by atoms with van der Waals surface area (Å²) < 4.78 is 75.1. The lowest BCUT2D eigenvalue weighted by Crippen LogP contribution is -2.13. The first kappa shape index (κ1) is 13.4. The summed E-state index contributed by atoms with van der Waals surface area (Å²) in [6.07, 6.45) is -8.42. The minimum absolute atomic E-state index is 0.124. The lowest BCUT2D eigenvalue weighted by molar-refractivity contribution is -0.143. The molecule has 2 aromatic rings. The zero-order chi connectivity index (χ0) is 14.3. The largest absolute Gasteiger partial charge is 0.434 e. The van der Waals surface area contributed by atoms with Gasteiger partial charge in [-0.3, -0.25) is 0 Å². The molecule has 1 heterocycles. The summed E-state index contributed by atoms with van der Waals surface area (Å²) in [4.78, 5) is 0. The summed E-state index contributed by atoms with van der Waals surface area (Å²) in [7, 11) is 0. The molecule has 1 aromatic heterocycles. The molecule has 1 radical (unpaired) electrons. The Labute approximate surface area is 103 Å². The molecule has 0 unspecified atom stereocenters. The number of rotatable bonds is 1. The Morgan fingerprint density at radius 1 is 0.895 bits per heavy atom. The zero-order valence-electron chi connectivity index (χ0n) is 9.05. The van der Waals surface area contributed by atoms with E-state index in [2.05, 4.69) is 5.10 Å². The molecule has 101 valence electrons. The van der Waals surface area contributed by atoms with Crippen LogP contribution in [0.3, 0.4) is 0 Å². The first-order chi connectivity index (χ1) is 8.69. The van der Waals surface area contributed by atoms with Crippen molar-refractivity contribution in [1.29, 1.82) is 0 Å². The lowest BCUT2D eigenvalue weighted by atomic mass is 10.2. The number of alkyl halides is 6. The minimum atomic E-state index is -4.68. The Bertz CT molecular complexity index is 564. The quantitative estimate of drug-likeness (QED) is 0.728. The van der Waals surface area contributed by atoms with Crippen molar-refractivity contribution < 1.29 is 26.3 Å². The molecule has 0 fully saturated rings. The molecule has 0 saturated heterocycles. The van der Waals surface area contributed by atoms with Crippen LogP contribution >= 0.6 is 0 Å². The van der Waals surface area contributed by atoms with Gasteiger partial charge in [0, 0.05) is 6.07 Å². The van der Waals surface area contributed by atoms with E-state index in [0.29, 0.717) is 16.8 Å². The van der Waals surface area contributed by atoms with Crippen LogP contribution in [0.5, 0.6) is 0 Å². The molecule has 0 aliphatic rings. The van der Waals surface area contributed by atoms with Crippen molar-refractivity contribution in [2.24, 2.45) is 0 Å². The molecule has 0 spiro atoms. The number of nitrogens with zero attached hydrogens (tertiary/aromatic N) is 2. The van der Waals surface area contributed by atoms with Gasteiger partial charge in [0.25, 0.3) is 0 Å². The van der Waals surface area contributed by atoms with Crippen molar-refractivity contribution in [2.45, 2.75) is 12.4 Å². The molecule has 0 amide bonds. The van der Waals surface area contributed by atoms with E-state index >= 15 is 0 Å². The summed E-state index contributed by atoms with van der Waals surface area (Å²) in [5.41, 5.74) is -2.24. The first-order valence-corrected chi connectivity index (χ1v) is 4.90. The van der Waals surface area contributed by atoms with Crippen LogP contribution in [0.1, 0.15) is 11.3 Å². The Morgan fingerprint density at radius 3 is 1.95 bits per heavy atom. The van der Waals surface area contributed by atoms with E-state index < -0.39 is 23.6 Å². The Morgan fingerprint density at radius 2 is 1.47 bits per heavy atom. The third kappa shape index (κ3) is 2.72. The van der Waals surface area contributed by atoms with Crippen molar-refractivity contribution in [3.05, 3.63) is 47.8 Å². The zero-order valence-corrected chi connectivity index (χ0v) is 9.05. The Hall–Kier alpha value is -1.99. The van der Waals surface area contributed by atoms with Gasteiger partial charge in [-0.2, -0.15) is 31.4 Å². The van der Waals surface area contributed by atoms with Crippen molar-refractivity contribution in [1.82, 2.24) is 9.78 Å². The summed E-state index contributed by atoms with van der Waals surface area (Å²) >= 11 is 0. The van der Waals surface area contributed by atoms with E-state index in [1.54, 1.807) is 0 Å². The maximum absolute atomic E-state index is 12.6. The SMILES string of the molecule is FC(F)(F)c1ccc(-n2nc[c]c2C(F)(F)F)cc1. The molecule has 2 rings (SSSR count). The summed E-state index contributed by atoms with van der Waals surface area (Å²) in [6, 6.07) is 5.11. The average Bonchev–Trinajstić information content (AvgIpc) is 2.76. The van der Waals surface area contributed by atoms with Gasteiger partial charge in [0.15, 0.2) is 5.69 Å². The van der Waals surface area contributed by atoms with E-state index in [4.69, 9.17) is 0 Å². The maximum Gasteiger partial charge on any atom is 0.434 e. The van der Waals surface area contributed by atoms with E-state index in [9.17, 15) is 26.3 Å². The molecule has 0 bridgehead atoms. The minimum Gasteiger partial charge on any atom is -0.228 e. The van der Waals surface area contributed by atoms with Crippen LogP contribution in [-0.2, 0) is 12.4 Å². The van der Waals surface area contributed by atoms with Gasteiger partial charge in [0.1, 0.15) is 0 Å². The second-order valence-electron chi connectivity index (χ2n) is 3.59. The highest BCUT2D eigenvalue weighted by Crippen LogP contribution is 2.32. The first-order valence-electron chi connectivity index (χ1n) is 4.90. The van der Waals surface area contributed by atoms with Gasteiger partial charge in [0.2, 0.25) is 0 Å². The van der Waals surface area contributed by atoms with Crippen molar-refractivity contribution in [2.75, 3.05) is 0 Å². The van der Waals surface area contributed by atoms with Gasteiger partial charge in [-0.05, 0) is 24.3 Å². The van der Waals surface area contributed by atoms with Gasteiger partial charge in [0.05, 0.1) is 17.4 Å². The second-order valence-corrected chi connectivity index (χ2v) is 3.59. The number of halogens is 6. The van der Waals surface area contributed by atoms with E-state index in [-0.39, 0.29) is 5.69 Å². The molecular formula is C11H5F6N2. The molecule has 0 saturated carbocycles. The highest BCUT2D eigenvalue weighted by atomic mass is 19.4. The third-order valence-electron chi connectivity index (χ3n) is 2.29. The van der Waals surface area contributed by atoms with E-state index in [0.717, 1.165) is 18.3 Å². The van der Waals surface area contributed by atoms with Gasteiger partial charge >= 0.3 is 12.4 Å². The number of benzene rings is 1. The van der Waals surface area contributed by atoms with Crippen molar-refractivity contribution in [3.8, 4) is 5.69 Å². The lowest BCUT2D eigenvalue weighted by Gasteiger charge is -2.11. The Kier molecular flexibility index (Phi) is 3.03. The standard InChI is InChI=1S/C11H5F6N2/c12-10(13,14)7-1-3-8(4-2-7)19-9(5-6-18-19)11(15,16)17/h1-4,6H. The van der Waals surface area contributed by atoms with Crippen molar-refractivity contribution in [3.63, 3.8) is 0 Å². The van der Waals surface area contributed by atoms with E-state index in [1.807, 2.05) is 6.07 Å². The molecule has 8 heteroatoms. The predicted octanol–water partition coefficient (Wildman–Crippen LogP) is 3.71.